The fraction of sp³-hybridized carbons (Fsp3) is 1.00. The quantitative estimate of drug-likeness (QED) is 0.632. The zero-order chi connectivity index (χ0) is 6.41. The van der Waals surface area contributed by atoms with Gasteiger partial charge in [-0.25, -0.2) is 0 Å². The predicted molar refractivity (Wildman–Crippen MR) is 31.6 cm³/mol. The van der Waals surface area contributed by atoms with Crippen molar-refractivity contribution >= 4 is 26.1 Å². The molecule has 0 fully saturated rings. The maximum atomic E-state index is 8.89. The molecule has 46 valence electrons. The van der Waals surface area contributed by atoms with E-state index in [-0.39, 0.29) is 6.10 Å². The molecule has 2 N–H and O–H groups in total. The van der Waals surface area contributed by atoms with E-state index < -0.39 is 0 Å². The maximum absolute atomic E-state index is 8.89. The van der Waals surface area contributed by atoms with Gasteiger partial charge in [-0.1, -0.05) is 0 Å². The van der Waals surface area contributed by atoms with Crippen LogP contribution in [0.5, 0.6) is 0 Å². The van der Waals surface area contributed by atoms with E-state index in [9.17, 15) is 0 Å². The first-order valence-electron chi connectivity index (χ1n) is 2.41. The molecule has 0 aromatic heterocycles. The van der Waals surface area contributed by atoms with Crippen molar-refractivity contribution in [2.24, 2.45) is 0 Å². The third kappa shape index (κ3) is 4.95. The molecule has 1 atom stereocenters. The van der Waals surface area contributed by atoms with Crippen LogP contribution in [-0.4, -0.2) is 57.5 Å². The number of ether oxygens (including phenoxy) is 1. The monoisotopic (exact) mass is 309 g/mol. The Morgan fingerprint density at radius 3 is 2.88 bits per heavy atom. The number of methoxy groups -OCH3 is 1. The molecule has 0 radical (unpaired) electrons. The van der Waals surface area contributed by atoms with Crippen molar-refractivity contribution in [3.8, 4) is 0 Å². The number of hydrogen-bond donors (Lipinski definition) is 2. The van der Waals surface area contributed by atoms with Gasteiger partial charge in [-0.05, 0) is 0 Å². The van der Waals surface area contributed by atoms with Gasteiger partial charge in [0, 0.05) is 0 Å². The third-order valence-electron chi connectivity index (χ3n) is 0.713. The Bertz CT molecular complexity index is 47.3. The van der Waals surface area contributed by atoms with Crippen LogP contribution in [0, 0.1) is 0 Å². The minimum absolute atomic E-state index is 0.329. The van der Waals surface area contributed by atoms with E-state index in [0.717, 1.165) is 26.1 Å². The second-order valence-corrected chi connectivity index (χ2v) is 3.10. The molecule has 0 saturated heterocycles. The van der Waals surface area contributed by atoms with Gasteiger partial charge in [0.1, 0.15) is 0 Å². The van der Waals surface area contributed by atoms with Gasteiger partial charge in [0.25, 0.3) is 0 Å². The van der Waals surface area contributed by atoms with Gasteiger partial charge in [0.05, 0.1) is 0 Å². The van der Waals surface area contributed by atoms with E-state index in [4.69, 9.17) is 5.11 Å². The number of nitrogens with one attached hydrogen (secondary N) is 1. The van der Waals surface area contributed by atoms with E-state index in [1.165, 1.54) is 0 Å². The SMILES string of the molecule is COCC(O)C[NH][Tl]. The summed E-state index contributed by atoms with van der Waals surface area (Å²) in [5.41, 5.74) is 0. The van der Waals surface area contributed by atoms with Gasteiger partial charge in [-0.15, -0.1) is 0 Å². The molecular formula is C4H10NO2Tl. The molecule has 1 unspecified atom stereocenters. The molecule has 3 nitrogen and oxygen atoms in total. The molecule has 0 spiro atoms. The standard InChI is InChI=1S/C4H10NO2.Tl/c1-7-3-4(6)2-5;/h4-6H,2-3H2,1H3;/q-1;+1. The van der Waals surface area contributed by atoms with Gasteiger partial charge >= 0.3 is 65.4 Å². The van der Waals surface area contributed by atoms with Crippen LogP contribution < -0.4 is 3.13 Å². The summed E-state index contributed by atoms with van der Waals surface area (Å²) in [6.45, 7) is 1.10. The summed E-state index contributed by atoms with van der Waals surface area (Å²) in [6, 6.07) is 0. The first-order valence-corrected chi connectivity index (χ1v) is 4.66. The van der Waals surface area contributed by atoms with Crippen LogP contribution in [-0.2, 0) is 4.74 Å². The average molecular weight is 309 g/mol. The molecule has 0 saturated carbocycles. The van der Waals surface area contributed by atoms with Gasteiger partial charge < -0.3 is 0 Å². The molecule has 0 heterocycles. The molecule has 0 aliphatic rings. The zero-order valence-electron chi connectivity index (χ0n) is 4.92. The van der Waals surface area contributed by atoms with Gasteiger partial charge in [0.2, 0.25) is 0 Å². The van der Waals surface area contributed by atoms with Crippen LogP contribution >= 0.6 is 0 Å². The van der Waals surface area contributed by atoms with E-state index in [1.54, 1.807) is 7.11 Å². The van der Waals surface area contributed by atoms with Gasteiger partial charge in [-0.3, -0.25) is 0 Å². The first-order chi connectivity index (χ1) is 3.81. The molecule has 8 heavy (non-hydrogen) atoms. The van der Waals surface area contributed by atoms with Crippen LogP contribution in [0.3, 0.4) is 0 Å². The summed E-state index contributed by atoms with van der Waals surface area (Å²) in [4.78, 5) is 0. The minimum atomic E-state index is -0.329. The molecular weight excluding hydrogens is 298 g/mol. The molecule has 0 amide bonds. The molecule has 0 bridgehead atoms. The normalized spacial score (nSPS) is 13.6. The Balaban J connectivity index is 2.92. The zero-order valence-corrected chi connectivity index (χ0v) is 9.41. The van der Waals surface area contributed by atoms with E-state index in [2.05, 4.69) is 7.86 Å². The van der Waals surface area contributed by atoms with Crippen LogP contribution in [0.4, 0.5) is 0 Å². The van der Waals surface area contributed by atoms with Crippen LogP contribution in [0.2, 0.25) is 0 Å². The first kappa shape index (κ1) is 8.80. The fourth-order valence-electron chi connectivity index (χ4n) is 0.387. The molecule has 0 aliphatic carbocycles. The predicted octanol–water partition coefficient (Wildman–Crippen LogP) is -1.33. The molecule has 0 rings (SSSR count). The van der Waals surface area contributed by atoms with Crippen molar-refractivity contribution < 1.29 is 9.84 Å². The Morgan fingerprint density at radius 1 is 1.88 bits per heavy atom. The van der Waals surface area contributed by atoms with Crippen molar-refractivity contribution in [3.63, 3.8) is 0 Å². The van der Waals surface area contributed by atoms with Crippen molar-refractivity contribution in [2.75, 3.05) is 20.3 Å². The summed E-state index contributed by atoms with van der Waals surface area (Å²) in [5, 5.41) is 8.89. The fourth-order valence-corrected chi connectivity index (χ4v) is 1.45. The Labute approximate surface area is 65.5 Å². The van der Waals surface area contributed by atoms with E-state index in [1.807, 2.05) is 0 Å². The summed E-state index contributed by atoms with van der Waals surface area (Å²) < 4.78 is 7.67. The Morgan fingerprint density at radius 2 is 2.50 bits per heavy atom. The Kier molecular flexibility index (Phi) is 6.52. The van der Waals surface area contributed by atoms with E-state index >= 15 is 0 Å². The Hall–Kier alpha value is 0.802. The molecule has 0 aliphatic heterocycles. The summed E-state index contributed by atoms with van der Waals surface area (Å²) in [7, 11) is 1.58. The van der Waals surface area contributed by atoms with E-state index in [0.29, 0.717) is 13.2 Å². The van der Waals surface area contributed by atoms with Crippen molar-refractivity contribution in [1.82, 2.24) is 3.13 Å². The molecule has 4 heteroatoms. The van der Waals surface area contributed by atoms with Crippen LogP contribution in [0.25, 0.3) is 0 Å². The van der Waals surface area contributed by atoms with Crippen molar-refractivity contribution in [3.05, 3.63) is 0 Å². The average Bonchev–Trinajstić information content (AvgIpc) is 1.68. The van der Waals surface area contributed by atoms with Crippen molar-refractivity contribution in [1.29, 1.82) is 0 Å². The van der Waals surface area contributed by atoms with Crippen molar-refractivity contribution in [2.45, 2.75) is 6.10 Å². The summed E-state index contributed by atoms with van der Waals surface area (Å²) in [5.74, 6) is 0. The second kappa shape index (κ2) is 5.93. The number of rotatable bonds is 4. The van der Waals surface area contributed by atoms with Crippen LogP contribution in [0.15, 0.2) is 0 Å². The number of hydrogen-bond acceptors (Lipinski definition) is 3. The molecule has 0 aromatic rings. The third-order valence-corrected chi connectivity index (χ3v) is 1.63. The molecule has 0 aromatic carbocycles. The number of aliphatic hydroxyl groups excluding tert-OH is 1. The van der Waals surface area contributed by atoms with Crippen LogP contribution in [0.1, 0.15) is 0 Å². The number of aliphatic hydroxyl groups is 1. The van der Waals surface area contributed by atoms with Gasteiger partial charge in [0.15, 0.2) is 0 Å². The summed E-state index contributed by atoms with van der Waals surface area (Å²) >= 11 is 0.756. The topological polar surface area (TPSA) is 41.5 Å². The summed E-state index contributed by atoms with van der Waals surface area (Å²) in [6.07, 6.45) is -0.329. The van der Waals surface area contributed by atoms with Gasteiger partial charge in [-0.2, -0.15) is 0 Å². The second-order valence-electron chi connectivity index (χ2n) is 1.52.